The van der Waals surface area contributed by atoms with Gasteiger partial charge in [0.05, 0.1) is 5.56 Å². The van der Waals surface area contributed by atoms with Crippen molar-refractivity contribution in [1.82, 2.24) is 0 Å². The Bertz CT molecular complexity index is 354. The van der Waals surface area contributed by atoms with E-state index in [1.807, 2.05) is 0 Å². The van der Waals surface area contributed by atoms with E-state index in [1.165, 1.54) is 0 Å². The molecule has 0 heterocycles. The van der Waals surface area contributed by atoms with E-state index in [4.69, 9.17) is 5.73 Å². The predicted octanol–water partition coefficient (Wildman–Crippen LogP) is 3.87. The second-order valence-electron chi connectivity index (χ2n) is 5.13. The van der Waals surface area contributed by atoms with Gasteiger partial charge in [0.15, 0.2) is 0 Å². The largest absolute Gasteiger partial charge is 0.416 e. The van der Waals surface area contributed by atoms with Crippen LogP contribution in [0.1, 0.15) is 31.4 Å². The summed E-state index contributed by atoms with van der Waals surface area (Å²) < 4.78 is 37.2. The van der Waals surface area contributed by atoms with Crippen LogP contribution < -0.4 is 5.73 Å². The summed E-state index contributed by atoms with van der Waals surface area (Å²) in [5.74, 6) is 0.884. The van der Waals surface area contributed by atoms with Gasteiger partial charge in [0.1, 0.15) is 0 Å². The van der Waals surface area contributed by atoms with Gasteiger partial charge in [-0.15, -0.1) is 0 Å². The third-order valence-corrected chi connectivity index (χ3v) is 2.94. The van der Waals surface area contributed by atoms with Gasteiger partial charge >= 0.3 is 6.18 Å². The topological polar surface area (TPSA) is 26.0 Å². The van der Waals surface area contributed by atoms with Crippen LogP contribution in [0.15, 0.2) is 24.3 Å². The van der Waals surface area contributed by atoms with Crippen molar-refractivity contribution in [3.8, 4) is 0 Å². The third-order valence-electron chi connectivity index (χ3n) is 2.94. The predicted molar refractivity (Wildman–Crippen MR) is 67.1 cm³/mol. The smallest absolute Gasteiger partial charge is 0.330 e. The zero-order chi connectivity index (χ0) is 13.8. The van der Waals surface area contributed by atoms with Crippen LogP contribution in [-0.2, 0) is 12.6 Å². The van der Waals surface area contributed by atoms with Crippen LogP contribution in [0.2, 0.25) is 0 Å². The van der Waals surface area contributed by atoms with E-state index in [2.05, 4.69) is 13.8 Å². The molecule has 1 aromatic rings. The minimum absolute atomic E-state index is 0.335. The van der Waals surface area contributed by atoms with E-state index in [0.29, 0.717) is 18.4 Å². The van der Waals surface area contributed by atoms with Gasteiger partial charge < -0.3 is 5.73 Å². The number of hydrogen-bond acceptors (Lipinski definition) is 1. The van der Waals surface area contributed by atoms with Crippen LogP contribution >= 0.6 is 0 Å². The zero-order valence-corrected chi connectivity index (χ0v) is 10.8. The molecule has 1 nitrogen and oxygen atoms in total. The Labute approximate surface area is 106 Å². The Balaban J connectivity index is 2.68. The van der Waals surface area contributed by atoms with Gasteiger partial charge in [-0.1, -0.05) is 26.0 Å². The van der Waals surface area contributed by atoms with Crippen molar-refractivity contribution >= 4 is 0 Å². The van der Waals surface area contributed by atoms with Crippen molar-refractivity contribution in [3.05, 3.63) is 35.4 Å². The Hall–Kier alpha value is -1.03. The summed E-state index contributed by atoms with van der Waals surface area (Å²) in [7, 11) is 0. The van der Waals surface area contributed by atoms with Crippen LogP contribution in [0.4, 0.5) is 13.2 Å². The second kappa shape index (κ2) is 6.23. The van der Waals surface area contributed by atoms with E-state index in [-0.39, 0.29) is 0 Å². The number of nitrogens with two attached hydrogens (primary N) is 1. The fraction of sp³-hybridized carbons (Fsp3) is 0.571. The first-order valence-electron chi connectivity index (χ1n) is 6.19. The van der Waals surface area contributed by atoms with E-state index in [0.717, 1.165) is 30.5 Å². The van der Waals surface area contributed by atoms with E-state index < -0.39 is 11.7 Å². The molecule has 0 aromatic heterocycles. The molecule has 0 spiro atoms. The molecule has 18 heavy (non-hydrogen) atoms. The highest BCUT2D eigenvalue weighted by Crippen LogP contribution is 2.29. The highest BCUT2D eigenvalue weighted by molar-refractivity contribution is 5.24. The first-order chi connectivity index (χ1) is 8.32. The van der Waals surface area contributed by atoms with E-state index >= 15 is 0 Å². The SMILES string of the molecule is CC(C)CC(CN)Cc1ccc(C(F)(F)F)cc1. The number of hydrogen-bond donors (Lipinski definition) is 1. The average molecular weight is 259 g/mol. The van der Waals surface area contributed by atoms with Gasteiger partial charge in [-0.3, -0.25) is 0 Å². The average Bonchev–Trinajstić information content (AvgIpc) is 2.27. The molecule has 0 aliphatic rings. The highest BCUT2D eigenvalue weighted by atomic mass is 19.4. The van der Waals surface area contributed by atoms with Crippen LogP contribution in [0.5, 0.6) is 0 Å². The molecule has 0 saturated carbocycles. The number of benzene rings is 1. The standard InChI is InChI=1S/C14H20F3N/c1-10(2)7-12(9-18)8-11-3-5-13(6-4-11)14(15,16)17/h3-6,10,12H,7-9,18H2,1-2H3. The zero-order valence-electron chi connectivity index (χ0n) is 10.8. The molecule has 1 unspecified atom stereocenters. The minimum atomic E-state index is -4.26. The molecule has 0 fully saturated rings. The quantitative estimate of drug-likeness (QED) is 0.853. The lowest BCUT2D eigenvalue weighted by molar-refractivity contribution is -0.137. The lowest BCUT2D eigenvalue weighted by atomic mass is 9.91. The van der Waals surface area contributed by atoms with Gasteiger partial charge in [-0.05, 0) is 48.9 Å². The molecular formula is C14H20F3N. The van der Waals surface area contributed by atoms with Crippen molar-refractivity contribution in [2.45, 2.75) is 32.9 Å². The summed E-state index contributed by atoms with van der Waals surface area (Å²) in [5, 5.41) is 0. The Morgan fingerprint density at radius 3 is 2.06 bits per heavy atom. The fourth-order valence-electron chi connectivity index (χ4n) is 2.09. The molecule has 1 rings (SSSR count). The monoisotopic (exact) mass is 259 g/mol. The molecule has 4 heteroatoms. The van der Waals surface area contributed by atoms with Gasteiger partial charge in [-0.2, -0.15) is 13.2 Å². The Morgan fingerprint density at radius 2 is 1.67 bits per heavy atom. The van der Waals surface area contributed by atoms with Crippen molar-refractivity contribution in [2.75, 3.05) is 6.54 Å². The number of halogens is 3. The van der Waals surface area contributed by atoms with Crippen LogP contribution in [-0.4, -0.2) is 6.54 Å². The maximum Gasteiger partial charge on any atom is 0.416 e. The first kappa shape index (κ1) is 15.0. The third kappa shape index (κ3) is 4.69. The molecule has 1 aromatic carbocycles. The lowest BCUT2D eigenvalue weighted by Gasteiger charge is -2.17. The van der Waals surface area contributed by atoms with Gasteiger partial charge in [0, 0.05) is 0 Å². The van der Waals surface area contributed by atoms with Crippen molar-refractivity contribution in [1.29, 1.82) is 0 Å². The molecular weight excluding hydrogens is 239 g/mol. The maximum absolute atomic E-state index is 12.4. The molecule has 0 bridgehead atoms. The van der Waals surface area contributed by atoms with E-state index in [1.54, 1.807) is 12.1 Å². The van der Waals surface area contributed by atoms with Crippen LogP contribution in [0.3, 0.4) is 0 Å². The fourth-order valence-corrected chi connectivity index (χ4v) is 2.09. The minimum Gasteiger partial charge on any atom is -0.330 e. The summed E-state index contributed by atoms with van der Waals surface area (Å²) in [6, 6.07) is 5.37. The Morgan fingerprint density at radius 1 is 1.11 bits per heavy atom. The number of alkyl halides is 3. The summed E-state index contributed by atoms with van der Waals surface area (Å²) in [6.07, 6.45) is -2.52. The van der Waals surface area contributed by atoms with Crippen LogP contribution in [0, 0.1) is 11.8 Å². The van der Waals surface area contributed by atoms with Crippen LogP contribution in [0.25, 0.3) is 0 Å². The molecule has 0 radical (unpaired) electrons. The molecule has 0 aliphatic heterocycles. The van der Waals surface area contributed by atoms with Gasteiger partial charge in [-0.25, -0.2) is 0 Å². The first-order valence-corrected chi connectivity index (χ1v) is 6.19. The summed E-state index contributed by atoms with van der Waals surface area (Å²) in [5.41, 5.74) is 6.01. The van der Waals surface area contributed by atoms with Gasteiger partial charge in [0.2, 0.25) is 0 Å². The Kier molecular flexibility index (Phi) is 5.20. The van der Waals surface area contributed by atoms with Gasteiger partial charge in [0.25, 0.3) is 0 Å². The summed E-state index contributed by atoms with van der Waals surface area (Å²) in [4.78, 5) is 0. The van der Waals surface area contributed by atoms with Crippen molar-refractivity contribution < 1.29 is 13.2 Å². The maximum atomic E-state index is 12.4. The molecule has 102 valence electrons. The molecule has 0 amide bonds. The molecule has 2 N–H and O–H groups in total. The summed E-state index contributed by atoms with van der Waals surface area (Å²) >= 11 is 0. The molecule has 0 aliphatic carbocycles. The molecule has 0 saturated heterocycles. The number of rotatable bonds is 5. The highest BCUT2D eigenvalue weighted by Gasteiger charge is 2.29. The molecule has 1 atom stereocenters. The normalized spacial score (nSPS) is 13.9. The lowest BCUT2D eigenvalue weighted by Crippen LogP contribution is -2.19. The summed E-state index contributed by atoms with van der Waals surface area (Å²) in [6.45, 7) is 4.81. The second-order valence-corrected chi connectivity index (χ2v) is 5.13. The van der Waals surface area contributed by atoms with Crippen molar-refractivity contribution in [3.63, 3.8) is 0 Å². The van der Waals surface area contributed by atoms with Crippen molar-refractivity contribution in [2.24, 2.45) is 17.6 Å². The van der Waals surface area contributed by atoms with E-state index in [9.17, 15) is 13.2 Å².